The van der Waals surface area contributed by atoms with Crippen molar-refractivity contribution < 1.29 is 24.5 Å². The Kier molecular flexibility index (Phi) is 4.17. The molecule has 140 valence electrons. The Balaban J connectivity index is 1.89. The Morgan fingerprint density at radius 2 is 2.19 bits per heavy atom. The normalized spacial score (nSPS) is 32.6. The molecule has 2 aliphatic carbocycles. The Hall–Kier alpha value is -1.76. The number of phenols is 2. The molecular formula is C19H22BrNO5. The molecule has 2 fully saturated rings. The molecular weight excluding hydrogens is 402 g/mol. The van der Waals surface area contributed by atoms with E-state index in [0.717, 1.165) is 5.56 Å². The number of carbonyl (C=O) groups is 2. The number of likely N-dealkylation sites (tertiary alicyclic amines) is 1. The Morgan fingerprint density at radius 3 is 2.92 bits per heavy atom. The number of piperidine rings is 1. The molecule has 4 atom stereocenters. The lowest BCUT2D eigenvalue weighted by atomic mass is 9.52. The number of aromatic hydroxyl groups is 2. The number of alkyl halides is 1. The van der Waals surface area contributed by atoms with Gasteiger partial charge in [-0.1, -0.05) is 22.0 Å². The van der Waals surface area contributed by atoms with Crippen LogP contribution in [0.2, 0.25) is 0 Å². The van der Waals surface area contributed by atoms with Crippen LogP contribution in [0.25, 0.3) is 0 Å². The van der Waals surface area contributed by atoms with Gasteiger partial charge in [0, 0.05) is 30.0 Å². The molecule has 1 aromatic rings. The second-order valence-electron chi connectivity index (χ2n) is 7.40. The van der Waals surface area contributed by atoms with Crippen molar-refractivity contribution in [3.05, 3.63) is 23.3 Å². The summed E-state index contributed by atoms with van der Waals surface area (Å²) in [5.74, 6) is -0.154. The molecule has 4 rings (SSSR count). The highest BCUT2D eigenvalue weighted by Crippen LogP contribution is 2.60. The van der Waals surface area contributed by atoms with Gasteiger partial charge in [0.1, 0.15) is 5.78 Å². The maximum Gasteiger partial charge on any atom is 0.410 e. The highest BCUT2D eigenvalue weighted by Gasteiger charge is 2.61. The first-order valence-electron chi connectivity index (χ1n) is 9.06. The molecule has 0 aromatic heterocycles. The van der Waals surface area contributed by atoms with E-state index in [0.29, 0.717) is 44.4 Å². The summed E-state index contributed by atoms with van der Waals surface area (Å²) in [5, 5.41) is 20.8. The van der Waals surface area contributed by atoms with Crippen LogP contribution in [-0.2, 0) is 21.4 Å². The average Bonchev–Trinajstić information content (AvgIpc) is 2.61. The molecule has 4 unspecified atom stereocenters. The van der Waals surface area contributed by atoms with E-state index in [4.69, 9.17) is 4.74 Å². The van der Waals surface area contributed by atoms with Gasteiger partial charge in [0.15, 0.2) is 11.5 Å². The van der Waals surface area contributed by atoms with Gasteiger partial charge < -0.3 is 19.8 Å². The SMILES string of the molecule is CCOC(=O)N1CCC23c4c(ccc(O)c4O)CC1C2CCC(=O)C3Br. The molecule has 1 aliphatic heterocycles. The molecule has 26 heavy (non-hydrogen) atoms. The smallest absolute Gasteiger partial charge is 0.410 e. The first-order chi connectivity index (χ1) is 12.4. The minimum Gasteiger partial charge on any atom is -0.504 e. The third kappa shape index (κ3) is 2.22. The lowest BCUT2D eigenvalue weighted by molar-refractivity contribution is -0.125. The van der Waals surface area contributed by atoms with E-state index >= 15 is 0 Å². The van der Waals surface area contributed by atoms with Crippen molar-refractivity contribution in [2.75, 3.05) is 13.2 Å². The second kappa shape index (κ2) is 6.15. The molecule has 1 heterocycles. The zero-order chi connectivity index (χ0) is 18.6. The fraction of sp³-hybridized carbons (Fsp3) is 0.579. The van der Waals surface area contributed by atoms with E-state index < -0.39 is 10.2 Å². The summed E-state index contributed by atoms with van der Waals surface area (Å²) >= 11 is 3.61. The Bertz CT molecular complexity index is 781. The molecule has 0 spiro atoms. The lowest BCUT2D eigenvalue weighted by Gasteiger charge is -2.59. The van der Waals surface area contributed by atoms with Crippen LogP contribution in [0.4, 0.5) is 4.79 Å². The maximum absolute atomic E-state index is 12.6. The van der Waals surface area contributed by atoms with E-state index in [1.165, 1.54) is 6.07 Å². The van der Waals surface area contributed by atoms with Crippen LogP contribution in [-0.4, -0.2) is 51.0 Å². The highest BCUT2D eigenvalue weighted by atomic mass is 79.9. The van der Waals surface area contributed by atoms with Crippen LogP contribution in [0, 0.1) is 5.92 Å². The van der Waals surface area contributed by atoms with Gasteiger partial charge in [0.05, 0.1) is 11.4 Å². The molecule has 6 nitrogen and oxygen atoms in total. The number of halogens is 1. The molecule has 1 saturated carbocycles. The van der Waals surface area contributed by atoms with Crippen molar-refractivity contribution in [2.24, 2.45) is 5.92 Å². The summed E-state index contributed by atoms with van der Waals surface area (Å²) in [6.45, 7) is 2.57. The van der Waals surface area contributed by atoms with Gasteiger partial charge in [-0.05, 0) is 43.7 Å². The van der Waals surface area contributed by atoms with Crippen molar-refractivity contribution in [1.82, 2.24) is 4.90 Å². The monoisotopic (exact) mass is 423 g/mol. The van der Waals surface area contributed by atoms with Gasteiger partial charge >= 0.3 is 6.09 Å². The van der Waals surface area contributed by atoms with Crippen molar-refractivity contribution in [3.63, 3.8) is 0 Å². The Labute approximate surface area is 160 Å². The zero-order valence-electron chi connectivity index (χ0n) is 14.6. The van der Waals surface area contributed by atoms with E-state index in [9.17, 15) is 19.8 Å². The van der Waals surface area contributed by atoms with Crippen LogP contribution in [0.15, 0.2) is 12.1 Å². The Morgan fingerprint density at radius 1 is 1.42 bits per heavy atom. The van der Waals surface area contributed by atoms with Crippen molar-refractivity contribution in [1.29, 1.82) is 0 Å². The summed E-state index contributed by atoms with van der Waals surface area (Å²) in [4.78, 5) is 26.4. The lowest BCUT2D eigenvalue weighted by Crippen LogP contribution is -2.66. The molecule has 2 N–H and O–H groups in total. The van der Waals surface area contributed by atoms with Crippen LogP contribution in [0.3, 0.4) is 0 Å². The van der Waals surface area contributed by atoms with E-state index in [1.54, 1.807) is 17.9 Å². The number of benzene rings is 1. The summed E-state index contributed by atoms with van der Waals surface area (Å²) in [6.07, 6.45) is 1.92. The molecule has 0 radical (unpaired) electrons. The number of ketones is 1. The molecule has 1 aromatic carbocycles. The molecule has 2 bridgehead atoms. The number of rotatable bonds is 1. The van der Waals surface area contributed by atoms with Crippen LogP contribution in [0.1, 0.15) is 37.3 Å². The average molecular weight is 424 g/mol. The first kappa shape index (κ1) is 17.6. The quantitative estimate of drug-likeness (QED) is 0.535. The number of nitrogens with zero attached hydrogens (tertiary/aromatic N) is 1. The predicted octanol–water partition coefficient (Wildman–Crippen LogP) is 2.87. The van der Waals surface area contributed by atoms with Gasteiger partial charge in [0.25, 0.3) is 0 Å². The minimum absolute atomic E-state index is 0.0305. The number of amides is 1. The fourth-order valence-corrected chi connectivity index (χ4v) is 6.38. The molecule has 7 heteroatoms. The fourth-order valence-electron chi connectivity index (χ4n) is 5.35. The standard InChI is InChI=1S/C19H22BrNO5/c1-2-26-18(25)21-8-7-19-11(4-6-14(23)17(19)20)12(21)9-10-3-5-13(22)16(24)15(10)19/h3,5,11-12,17,22,24H,2,4,6-9H2,1H3. The third-order valence-corrected chi connectivity index (χ3v) is 7.70. The first-order valence-corrected chi connectivity index (χ1v) is 9.97. The van der Waals surface area contributed by atoms with Gasteiger partial charge in [-0.25, -0.2) is 4.79 Å². The number of hydrogen-bond donors (Lipinski definition) is 2. The summed E-state index contributed by atoms with van der Waals surface area (Å²) in [5.41, 5.74) is 0.950. The van der Waals surface area contributed by atoms with E-state index in [2.05, 4.69) is 15.9 Å². The zero-order valence-corrected chi connectivity index (χ0v) is 16.2. The van der Waals surface area contributed by atoms with Crippen molar-refractivity contribution in [3.8, 4) is 11.5 Å². The molecule has 1 amide bonds. The number of phenolic OH excluding ortho intramolecular Hbond substituents is 2. The number of Topliss-reactive ketones (excluding diaryl/α,β-unsaturated/α-hetero) is 1. The molecule has 1 saturated heterocycles. The van der Waals surface area contributed by atoms with Gasteiger partial charge in [0.2, 0.25) is 0 Å². The number of fused-ring (bicyclic) bond motifs is 1. The molecule has 3 aliphatic rings. The number of hydrogen-bond acceptors (Lipinski definition) is 5. The van der Waals surface area contributed by atoms with Crippen LogP contribution < -0.4 is 0 Å². The maximum atomic E-state index is 12.6. The van der Waals surface area contributed by atoms with Gasteiger partial charge in [-0.15, -0.1) is 0 Å². The number of ether oxygens (including phenoxy) is 1. The van der Waals surface area contributed by atoms with Crippen LogP contribution >= 0.6 is 15.9 Å². The second-order valence-corrected chi connectivity index (χ2v) is 8.31. The van der Waals surface area contributed by atoms with Crippen molar-refractivity contribution >= 4 is 27.8 Å². The minimum atomic E-state index is -0.612. The van der Waals surface area contributed by atoms with Crippen molar-refractivity contribution in [2.45, 2.75) is 48.9 Å². The highest BCUT2D eigenvalue weighted by molar-refractivity contribution is 9.10. The number of carbonyl (C=O) groups excluding carboxylic acids is 2. The van der Waals surface area contributed by atoms with Gasteiger partial charge in [-0.2, -0.15) is 0 Å². The largest absolute Gasteiger partial charge is 0.504 e. The summed E-state index contributed by atoms with van der Waals surface area (Å²) in [7, 11) is 0. The summed E-state index contributed by atoms with van der Waals surface area (Å²) < 4.78 is 5.25. The third-order valence-electron chi connectivity index (χ3n) is 6.37. The van der Waals surface area contributed by atoms with E-state index in [-0.39, 0.29) is 35.3 Å². The summed E-state index contributed by atoms with van der Waals surface area (Å²) in [6, 6.07) is 3.19. The topological polar surface area (TPSA) is 87.1 Å². The van der Waals surface area contributed by atoms with Gasteiger partial charge in [-0.3, -0.25) is 4.79 Å². The van der Waals surface area contributed by atoms with E-state index in [1.807, 2.05) is 0 Å². The predicted molar refractivity (Wildman–Crippen MR) is 97.7 cm³/mol. The van der Waals surface area contributed by atoms with Crippen LogP contribution in [0.5, 0.6) is 11.5 Å².